The normalized spacial score (nSPS) is 11.3. The van der Waals surface area contributed by atoms with E-state index in [1.807, 2.05) is 0 Å². The van der Waals surface area contributed by atoms with Crippen LogP contribution >= 0.6 is 38.5 Å². The summed E-state index contributed by atoms with van der Waals surface area (Å²) in [7, 11) is 0. The van der Waals surface area contributed by atoms with E-state index in [4.69, 9.17) is 0 Å². The first-order valence-corrected chi connectivity index (χ1v) is 6.03. The highest BCUT2D eigenvalue weighted by Gasteiger charge is 2.32. The topological polar surface area (TPSA) is 39.2 Å². The standard InChI is InChI=1S/C8H4BrF3INO2/c9-2-5-7(16-8(10,11)12)1-4(13)6(3-15)14-5/h1,3H,2H2. The molecule has 1 rings (SSSR count). The van der Waals surface area contributed by atoms with Crippen molar-refractivity contribution in [2.45, 2.75) is 11.7 Å². The molecule has 0 aliphatic carbocycles. The number of carbonyl (C=O) groups excluding carboxylic acids is 1. The Labute approximate surface area is 111 Å². The number of aromatic nitrogens is 1. The molecule has 0 aliphatic heterocycles. The minimum Gasteiger partial charge on any atom is -0.404 e. The van der Waals surface area contributed by atoms with Crippen LogP contribution in [0.15, 0.2) is 6.07 Å². The number of pyridine rings is 1. The fraction of sp³-hybridized carbons (Fsp3) is 0.250. The smallest absolute Gasteiger partial charge is 0.404 e. The number of rotatable bonds is 3. The second kappa shape index (κ2) is 5.30. The minimum atomic E-state index is -4.77. The van der Waals surface area contributed by atoms with Gasteiger partial charge in [0.25, 0.3) is 0 Å². The van der Waals surface area contributed by atoms with E-state index < -0.39 is 12.1 Å². The Morgan fingerprint density at radius 3 is 2.62 bits per heavy atom. The lowest BCUT2D eigenvalue weighted by Crippen LogP contribution is -2.19. The average molecular weight is 410 g/mol. The molecule has 1 heterocycles. The van der Waals surface area contributed by atoms with Crippen LogP contribution in [0.25, 0.3) is 0 Å². The van der Waals surface area contributed by atoms with E-state index >= 15 is 0 Å². The monoisotopic (exact) mass is 409 g/mol. The van der Waals surface area contributed by atoms with Crippen LogP contribution in [0.5, 0.6) is 5.75 Å². The van der Waals surface area contributed by atoms with Gasteiger partial charge in [-0.1, -0.05) is 15.9 Å². The van der Waals surface area contributed by atoms with Crippen molar-refractivity contribution in [1.82, 2.24) is 4.98 Å². The van der Waals surface area contributed by atoms with Crippen molar-refractivity contribution in [2.24, 2.45) is 0 Å². The lowest BCUT2D eigenvalue weighted by atomic mass is 10.3. The van der Waals surface area contributed by atoms with Crippen LogP contribution in [0.2, 0.25) is 0 Å². The Morgan fingerprint density at radius 2 is 2.19 bits per heavy atom. The van der Waals surface area contributed by atoms with Crippen LogP contribution < -0.4 is 4.74 Å². The Morgan fingerprint density at radius 1 is 1.56 bits per heavy atom. The molecule has 88 valence electrons. The average Bonchev–Trinajstić information content (AvgIpc) is 2.16. The largest absolute Gasteiger partial charge is 0.573 e. The van der Waals surface area contributed by atoms with Crippen LogP contribution in [0.1, 0.15) is 16.2 Å². The molecule has 3 nitrogen and oxygen atoms in total. The van der Waals surface area contributed by atoms with Crippen LogP contribution in [-0.4, -0.2) is 17.6 Å². The summed E-state index contributed by atoms with van der Waals surface area (Å²) in [5.41, 5.74) is 0.115. The first-order chi connectivity index (χ1) is 7.37. The van der Waals surface area contributed by atoms with E-state index in [9.17, 15) is 18.0 Å². The van der Waals surface area contributed by atoms with Gasteiger partial charge in [0.2, 0.25) is 0 Å². The summed E-state index contributed by atoms with van der Waals surface area (Å²) in [6, 6.07) is 1.13. The van der Waals surface area contributed by atoms with Gasteiger partial charge in [0.15, 0.2) is 12.0 Å². The molecular formula is C8H4BrF3INO2. The fourth-order valence-corrected chi connectivity index (χ4v) is 1.85. The predicted octanol–water partition coefficient (Wildman–Crippen LogP) is 3.29. The number of alkyl halides is 4. The summed E-state index contributed by atoms with van der Waals surface area (Å²) in [5, 5.41) is 0.0656. The molecular weight excluding hydrogens is 406 g/mol. The van der Waals surface area contributed by atoms with Crippen molar-refractivity contribution >= 4 is 44.8 Å². The zero-order valence-corrected chi connectivity index (χ0v) is 11.3. The number of nitrogens with zero attached hydrogens (tertiary/aromatic N) is 1. The number of aldehydes is 1. The minimum absolute atomic E-state index is 0.0276. The van der Waals surface area contributed by atoms with E-state index in [0.29, 0.717) is 9.86 Å². The molecule has 0 bridgehead atoms. The number of hydrogen-bond donors (Lipinski definition) is 0. The molecule has 0 radical (unpaired) electrons. The van der Waals surface area contributed by atoms with E-state index in [-0.39, 0.29) is 16.7 Å². The van der Waals surface area contributed by atoms with Gasteiger partial charge in [0.05, 0.1) is 5.69 Å². The molecule has 0 aliphatic rings. The van der Waals surface area contributed by atoms with Gasteiger partial charge in [-0.3, -0.25) is 4.79 Å². The quantitative estimate of drug-likeness (QED) is 0.437. The molecule has 0 unspecified atom stereocenters. The third-order valence-electron chi connectivity index (χ3n) is 1.51. The number of carbonyl (C=O) groups is 1. The van der Waals surface area contributed by atoms with Crippen molar-refractivity contribution in [3.8, 4) is 5.75 Å². The molecule has 0 aromatic carbocycles. The molecule has 0 fully saturated rings. The van der Waals surface area contributed by atoms with Crippen LogP contribution in [0.4, 0.5) is 13.2 Å². The van der Waals surface area contributed by atoms with Crippen molar-refractivity contribution in [3.05, 3.63) is 21.0 Å². The Balaban J connectivity index is 3.18. The van der Waals surface area contributed by atoms with E-state index in [0.717, 1.165) is 6.07 Å². The third-order valence-corrected chi connectivity index (χ3v) is 2.90. The summed E-state index contributed by atoms with van der Waals surface area (Å²) in [6.45, 7) is 0. The van der Waals surface area contributed by atoms with E-state index in [1.165, 1.54) is 0 Å². The second-order valence-corrected chi connectivity index (χ2v) is 4.32. The summed E-state index contributed by atoms with van der Waals surface area (Å²) < 4.78 is 40.2. The van der Waals surface area contributed by atoms with Crippen molar-refractivity contribution in [2.75, 3.05) is 0 Å². The molecule has 1 aromatic heterocycles. The molecule has 0 N–H and O–H groups in total. The maximum Gasteiger partial charge on any atom is 0.573 e. The van der Waals surface area contributed by atoms with Gasteiger partial charge < -0.3 is 4.74 Å². The van der Waals surface area contributed by atoms with Crippen molar-refractivity contribution < 1.29 is 22.7 Å². The van der Waals surface area contributed by atoms with Crippen LogP contribution in [0.3, 0.4) is 0 Å². The zero-order valence-electron chi connectivity index (χ0n) is 7.52. The highest BCUT2D eigenvalue weighted by Crippen LogP contribution is 2.29. The van der Waals surface area contributed by atoms with Gasteiger partial charge >= 0.3 is 6.36 Å². The Kier molecular flexibility index (Phi) is 4.53. The zero-order chi connectivity index (χ0) is 12.3. The first kappa shape index (κ1) is 13.7. The second-order valence-electron chi connectivity index (χ2n) is 2.60. The molecule has 0 saturated heterocycles. The maximum absolute atomic E-state index is 12.0. The lowest BCUT2D eigenvalue weighted by molar-refractivity contribution is -0.275. The molecule has 1 aromatic rings. The molecule has 16 heavy (non-hydrogen) atoms. The van der Waals surface area contributed by atoms with E-state index in [1.54, 1.807) is 22.6 Å². The van der Waals surface area contributed by atoms with Crippen molar-refractivity contribution in [1.29, 1.82) is 0 Å². The van der Waals surface area contributed by atoms with Gasteiger partial charge in [-0.25, -0.2) is 4.98 Å². The van der Waals surface area contributed by atoms with Crippen LogP contribution in [-0.2, 0) is 5.33 Å². The molecule has 0 amide bonds. The molecule has 0 atom stereocenters. The summed E-state index contributed by atoms with van der Waals surface area (Å²) in [4.78, 5) is 14.3. The van der Waals surface area contributed by atoms with Crippen molar-refractivity contribution in [3.63, 3.8) is 0 Å². The Hall–Kier alpha value is -0.380. The number of hydrogen-bond acceptors (Lipinski definition) is 3. The van der Waals surface area contributed by atoms with Gasteiger partial charge in [-0.05, 0) is 28.7 Å². The molecule has 0 saturated carbocycles. The maximum atomic E-state index is 12.0. The van der Waals surface area contributed by atoms with Gasteiger partial charge in [0.1, 0.15) is 5.69 Å². The lowest BCUT2D eigenvalue weighted by Gasteiger charge is -2.12. The first-order valence-electron chi connectivity index (χ1n) is 3.83. The highest BCUT2D eigenvalue weighted by atomic mass is 127. The summed E-state index contributed by atoms with van der Waals surface area (Å²) in [5.74, 6) is -0.403. The van der Waals surface area contributed by atoms with Gasteiger partial charge in [-0.2, -0.15) is 0 Å². The third kappa shape index (κ3) is 3.58. The summed E-state index contributed by atoms with van der Waals surface area (Å²) >= 11 is 4.69. The number of halogens is 5. The van der Waals surface area contributed by atoms with Gasteiger partial charge in [-0.15, -0.1) is 13.2 Å². The fourth-order valence-electron chi connectivity index (χ4n) is 0.918. The Bertz CT molecular complexity index is 411. The van der Waals surface area contributed by atoms with E-state index in [2.05, 4.69) is 25.7 Å². The molecule has 0 spiro atoms. The predicted molar refractivity (Wildman–Crippen MR) is 61.7 cm³/mol. The van der Waals surface area contributed by atoms with Gasteiger partial charge in [0, 0.05) is 8.90 Å². The highest BCUT2D eigenvalue weighted by molar-refractivity contribution is 14.1. The summed E-state index contributed by atoms with van der Waals surface area (Å²) in [6.07, 6.45) is -4.30. The molecule has 8 heteroatoms. The van der Waals surface area contributed by atoms with Crippen LogP contribution in [0, 0.1) is 3.57 Å². The number of ether oxygens (including phenoxy) is 1. The SMILES string of the molecule is O=Cc1nc(CBr)c(OC(F)(F)F)cc1I.